The third-order valence-corrected chi connectivity index (χ3v) is 4.66. The largest absolute Gasteiger partial charge is 1.00 e. The first-order valence-electron chi connectivity index (χ1n) is 8.31. The quantitative estimate of drug-likeness (QED) is 0.449. The van der Waals surface area contributed by atoms with Crippen LogP contribution < -0.4 is 34.6 Å². The summed E-state index contributed by atoms with van der Waals surface area (Å²) in [7, 11) is 1.32. The van der Waals surface area contributed by atoms with Gasteiger partial charge in [-0.15, -0.1) is 0 Å². The maximum Gasteiger partial charge on any atom is 0.341 e. The van der Waals surface area contributed by atoms with E-state index in [0.717, 1.165) is 38.3 Å². The molecule has 0 spiro atoms. The standard InChI is InChI=1S/C19H22N2O3.2ClH/c1-24-19(23)17-13-15(7-8-18(17)22)14-20-9-11-21(12-10-20)16-5-3-2-4-6-16;;/h2-8,13,22H,9-12,14H2,1H3;2*1H. The summed E-state index contributed by atoms with van der Waals surface area (Å²) in [5.74, 6) is -0.526. The van der Waals surface area contributed by atoms with Crippen molar-refractivity contribution in [3.05, 3.63) is 59.7 Å². The molecule has 0 aromatic heterocycles. The van der Waals surface area contributed by atoms with Gasteiger partial charge in [0, 0.05) is 5.56 Å². The summed E-state index contributed by atoms with van der Waals surface area (Å²) in [5, 5.41) is 9.79. The van der Waals surface area contributed by atoms with Gasteiger partial charge in [0.05, 0.1) is 7.11 Å². The third-order valence-electron chi connectivity index (χ3n) is 4.66. The van der Waals surface area contributed by atoms with Crippen LogP contribution in [0.1, 0.15) is 15.9 Å². The van der Waals surface area contributed by atoms with Gasteiger partial charge in [-0.05, 0) is 30.3 Å². The van der Waals surface area contributed by atoms with Crippen molar-refractivity contribution >= 4 is 11.7 Å². The van der Waals surface area contributed by atoms with Gasteiger partial charge in [0.25, 0.3) is 0 Å². The van der Waals surface area contributed by atoms with Crippen molar-refractivity contribution < 1.29 is 49.3 Å². The third kappa shape index (κ3) is 5.35. The van der Waals surface area contributed by atoms with E-state index in [1.165, 1.54) is 22.6 Å². The molecule has 7 heteroatoms. The van der Waals surface area contributed by atoms with Crippen LogP contribution in [-0.2, 0) is 11.3 Å². The second-order valence-corrected chi connectivity index (χ2v) is 6.24. The van der Waals surface area contributed by atoms with Crippen molar-refractivity contribution in [1.82, 2.24) is 0 Å². The van der Waals surface area contributed by atoms with Gasteiger partial charge in [0.15, 0.2) is 0 Å². The normalized spacial score (nSPS) is 19.0. The molecular weight excluding hydrogens is 375 g/mol. The number of aromatic hydroxyl groups is 1. The van der Waals surface area contributed by atoms with E-state index in [9.17, 15) is 9.90 Å². The molecule has 0 bridgehead atoms. The second kappa shape index (κ2) is 10.4. The molecule has 0 radical (unpaired) electrons. The Labute approximate surface area is 166 Å². The maximum absolute atomic E-state index is 11.7. The molecule has 3 N–H and O–H groups in total. The second-order valence-electron chi connectivity index (χ2n) is 6.24. The van der Waals surface area contributed by atoms with Crippen molar-refractivity contribution in [2.24, 2.45) is 0 Å². The predicted octanol–water partition coefficient (Wildman–Crippen LogP) is -6.20. The lowest BCUT2D eigenvalue weighted by Crippen LogP contribution is -3.25. The Hall–Kier alpha value is -1.79. The van der Waals surface area contributed by atoms with Crippen LogP contribution in [0.3, 0.4) is 0 Å². The summed E-state index contributed by atoms with van der Waals surface area (Å²) >= 11 is 0. The van der Waals surface area contributed by atoms with Gasteiger partial charge >= 0.3 is 5.97 Å². The molecule has 0 saturated carbocycles. The van der Waals surface area contributed by atoms with E-state index in [2.05, 4.69) is 24.3 Å². The highest BCUT2D eigenvalue weighted by atomic mass is 35.5. The number of phenolic OH excluding ortho intramolecular Hbond substituents is 1. The van der Waals surface area contributed by atoms with Crippen LogP contribution in [0.4, 0.5) is 5.69 Å². The monoisotopic (exact) mass is 398 g/mol. The van der Waals surface area contributed by atoms with Gasteiger partial charge in [0.2, 0.25) is 0 Å². The molecule has 142 valence electrons. The molecule has 0 unspecified atom stereocenters. The zero-order valence-corrected chi connectivity index (χ0v) is 16.2. The Bertz CT molecular complexity index is 705. The van der Waals surface area contributed by atoms with E-state index in [4.69, 9.17) is 4.74 Å². The minimum absolute atomic E-state index is 0. The van der Waals surface area contributed by atoms with Gasteiger partial charge < -0.3 is 39.6 Å². The number of phenols is 1. The first-order valence-corrected chi connectivity index (χ1v) is 8.31. The van der Waals surface area contributed by atoms with Gasteiger partial charge in [-0.3, -0.25) is 4.90 Å². The molecule has 2 aromatic rings. The lowest BCUT2D eigenvalue weighted by atomic mass is 10.1. The molecule has 0 aliphatic carbocycles. The number of rotatable bonds is 4. The number of carbonyl (C=O) groups excluding carboxylic acids is 1. The van der Waals surface area contributed by atoms with Crippen LogP contribution in [0.5, 0.6) is 5.75 Å². The van der Waals surface area contributed by atoms with Crippen molar-refractivity contribution in [3.63, 3.8) is 0 Å². The number of esters is 1. The average molecular weight is 399 g/mol. The number of para-hydroxylation sites is 1. The summed E-state index contributed by atoms with van der Waals surface area (Å²) in [4.78, 5) is 14.7. The fraction of sp³-hybridized carbons (Fsp3) is 0.316. The van der Waals surface area contributed by atoms with E-state index >= 15 is 0 Å². The SMILES string of the molecule is COC(=O)c1cc(C[NH+]2CC[NH+](c3ccccc3)CC2)ccc1O.[Cl-].[Cl-]. The topological polar surface area (TPSA) is 55.4 Å². The lowest BCUT2D eigenvalue weighted by Gasteiger charge is -2.29. The first-order chi connectivity index (χ1) is 11.7. The summed E-state index contributed by atoms with van der Waals surface area (Å²) in [5.41, 5.74) is 2.64. The summed E-state index contributed by atoms with van der Waals surface area (Å²) in [6.45, 7) is 5.21. The van der Waals surface area contributed by atoms with Gasteiger partial charge in [-0.25, -0.2) is 4.79 Å². The molecule has 5 nitrogen and oxygen atoms in total. The Kier molecular flexibility index (Phi) is 8.88. The predicted molar refractivity (Wildman–Crippen MR) is 90.6 cm³/mol. The molecule has 26 heavy (non-hydrogen) atoms. The number of ether oxygens (including phenoxy) is 1. The highest BCUT2D eigenvalue weighted by molar-refractivity contribution is 5.92. The highest BCUT2D eigenvalue weighted by Gasteiger charge is 2.24. The van der Waals surface area contributed by atoms with Gasteiger partial charge in [-0.2, -0.15) is 0 Å². The fourth-order valence-corrected chi connectivity index (χ4v) is 3.30. The zero-order chi connectivity index (χ0) is 16.9. The van der Waals surface area contributed by atoms with Crippen LogP contribution in [-0.4, -0.2) is 44.4 Å². The Morgan fingerprint density at radius 2 is 1.69 bits per heavy atom. The van der Waals surface area contributed by atoms with Gasteiger partial charge in [0.1, 0.15) is 49.7 Å². The highest BCUT2D eigenvalue weighted by Crippen LogP contribution is 2.19. The number of piperazine rings is 1. The number of halogens is 2. The van der Waals surface area contributed by atoms with Crippen molar-refractivity contribution in [2.45, 2.75) is 6.54 Å². The number of carbonyl (C=O) groups is 1. The Morgan fingerprint density at radius 1 is 1.04 bits per heavy atom. The molecule has 2 aromatic carbocycles. The fourth-order valence-electron chi connectivity index (χ4n) is 3.30. The van der Waals surface area contributed by atoms with Crippen LogP contribution in [0.2, 0.25) is 0 Å². The van der Waals surface area contributed by atoms with Crippen LogP contribution in [0, 0.1) is 0 Å². The van der Waals surface area contributed by atoms with Crippen LogP contribution in [0.25, 0.3) is 0 Å². The molecular formula is C19H24Cl2N2O3. The van der Waals surface area contributed by atoms with Crippen molar-refractivity contribution in [3.8, 4) is 5.75 Å². The zero-order valence-electron chi connectivity index (χ0n) is 14.7. The van der Waals surface area contributed by atoms with Crippen molar-refractivity contribution in [1.29, 1.82) is 0 Å². The smallest absolute Gasteiger partial charge is 0.341 e. The van der Waals surface area contributed by atoms with Crippen LogP contribution >= 0.6 is 0 Å². The van der Waals surface area contributed by atoms with Crippen molar-refractivity contribution in [2.75, 3.05) is 33.3 Å². The van der Waals surface area contributed by atoms with E-state index < -0.39 is 5.97 Å². The Balaban J connectivity index is 0.00000169. The van der Waals surface area contributed by atoms with E-state index in [1.807, 2.05) is 12.1 Å². The molecule has 1 fully saturated rings. The van der Waals surface area contributed by atoms with E-state index in [0.29, 0.717) is 0 Å². The minimum Gasteiger partial charge on any atom is -1.00 e. The molecule has 1 saturated heterocycles. The number of hydrogen-bond donors (Lipinski definition) is 3. The summed E-state index contributed by atoms with van der Waals surface area (Å²) in [6.07, 6.45) is 0. The number of hydrogen-bond acceptors (Lipinski definition) is 3. The molecule has 1 heterocycles. The molecule has 0 atom stereocenters. The number of benzene rings is 2. The number of methoxy groups -OCH3 is 1. The Morgan fingerprint density at radius 3 is 2.31 bits per heavy atom. The number of quaternary nitrogens is 2. The molecule has 1 aliphatic rings. The van der Waals surface area contributed by atoms with E-state index in [1.54, 1.807) is 12.1 Å². The van der Waals surface area contributed by atoms with Crippen LogP contribution in [0.15, 0.2) is 48.5 Å². The summed E-state index contributed by atoms with van der Waals surface area (Å²) in [6, 6.07) is 15.8. The molecule has 1 aliphatic heterocycles. The first kappa shape index (κ1) is 22.3. The summed E-state index contributed by atoms with van der Waals surface area (Å²) < 4.78 is 4.72. The maximum atomic E-state index is 11.7. The average Bonchev–Trinajstić information content (AvgIpc) is 2.64. The number of nitrogens with one attached hydrogen (secondary N) is 2. The van der Waals surface area contributed by atoms with Gasteiger partial charge in [-0.1, -0.05) is 18.2 Å². The molecule has 3 rings (SSSR count). The molecule has 0 amide bonds. The minimum atomic E-state index is -0.498. The lowest BCUT2D eigenvalue weighted by molar-refractivity contribution is -0.994. The van der Waals surface area contributed by atoms with E-state index in [-0.39, 0.29) is 36.1 Å².